The number of likely N-dealkylation sites (tertiary alicyclic amines) is 1. The number of anilines is 1. The van der Waals surface area contributed by atoms with Gasteiger partial charge in [0, 0.05) is 35.4 Å². The molecule has 0 spiro atoms. The minimum Gasteiger partial charge on any atom is -0.380 e. The van der Waals surface area contributed by atoms with E-state index in [9.17, 15) is 13.2 Å². The van der Waals surface area contributed by atoms with Crippen molar-refractivity contribution in [2.75, 3.05) is 11.9 Å². The molecule has 0 radical (unpaired) electrons. The molecule has 6 heteroatoms. The Morgan fingerprint density at radius 1 is 1.29 bits per heavy atom. The first kappa shape index (κ1) is 15.0. The van der Waals surface area contributed by atoms with Crippen molar-refractivity contribution < 1.29 is 13.2 Å². The van der Waals surface area contributed by atoms with Crippen LogP contribution in [0, 0.1) is 0 Å². The molecular weight excluding hydrogens is 301 g/mol. The highest BCUT2D eigenvalue weighted by Crippen LogP contribution is 2.38. The van der Waals surface area contributed by atoms with Gasteiger partial charge < -0.3 is 5.32 Å². The lowest BCUT2D eigenvalue weighted by Crippen LogP contribution is -2.31. The molecule has 2 atom stereocenters. The summed E-state index contributed by atoms with van der Waals surface area (Å²) in [4.78, 5) is 2.40. The average molecular weight is 319 g/mol. The largest absolute Gasteiger partial charge is 0.418 e. The lowest BCUT2D eigenvalue weighted by atomic mass is 10.1. The Morgan fingerprint density at radius 2 is 2.00 bits per heavy atom. The number of hydrogen-bond donors (Lipinski definition) is 1. The van der Waals surface area contributed by atoms with Crippen molar-refractivity contribution in [2.24, 2.45) is 0 Å². The number of alkyl halides is 3. The Labute approximate surface area is 127 Å². The highest BCUT2D eigenvalue weighted by molar-refractivity contribution is 6.30. The lowest BCUT2D eigenvalue weighted by Gasteiger charge is -2.21. The maximum atomic E-state index is 13.1. The van der Waals surface area contributed by atoms with Crippen molar-refractivity contribution in [1.82, 2.24) is 4.90 Å². The van der Waals surface area contributed by atoms with Crippen molar-refractivity contribution in [1.29, 1.82) is 0 Å². The summed E-state index contributed by atoms with van der Waals surface area (Å²) in [6.45, 7) is 2.96. The molecule has 1 aliphatic heterocycles. The normalized spacial score (nSPS) is 27.1. The molecule has 2 fully saturated rings. The van der Waals surface area contributed by atoms with Gasteiger partial charge in [0.05, 0.1) is 5.56 Å². The monoisotopic (exact) mass is 318 g/mol. The van der Waals surface area contributed by atoms with E-state index in [0.29, 0.717) is 12.1 Å². The summed E-state index contributed by atoms with van der Waals surface area (Å²) < 4.78 is 39.3. The van der Waals surface area contributed by atoms with Gasteiger partial charge in [-0.1, -0.05) is 11.6 Å². The van der Waals surface area contributed by atoms with E-state index in [1.54, 1.807) is 0 Å². The predicted molar refractivity (Wildman–Crippen MR) is 77.7 cm³/mol. The van der Waals surface area contributed by atoms with Crippen molar-refractivity contribution in [3.63, 3.8) is 0 Å². The Bertz CT molecular complexity index is 528. The average Bonchev–Trinajstić information content (AvgIpc) is 3.15. The van der Waals surface area contributed by atoms with E-state index in [4.69, 9.17) is 11.6 Å². The van der Waals surface area contributed by atoms with Gasteiger partial charge in [0.25, 0.3) is 0 Å². The van der Waals surface area contributed by atoms with Crippen LogP contribution in [0.2, 0.25) is 5.02 Å². The van der Waals surface area contributed by atoms with Crippen LogP contribution < -0.4 is 5.32 Å². The third kappa shape index (κ3) is 3.29. The summed E-state index contributed by atoms with van der Waals surface area (Å²) in [7, 11) is 0. The van der Waals surface area contributed by atoms with Crippen molar-refractivity contribution in [2.45, 2.75) is 50.5 Å². The zero-order chi connectivity index (χ0) is 15.2. The molecule has 1 aliphatic carbocycles. The number of rotatable bonds is 3. The molecule has 2 nitrogen and oxygen atoms in total. The van der Waals surface area contributed by atoms with Gasteiger partial charge in [0.2, 0.25) is 0 Å². The zero-order valence-electron chi connectivity index (χ0n) is 11.8. The molecule has 0 bridgehead atoms. The van der Waals surface area contributed by atoms with Crippen LogP contribution >= 0.6 is 11.6 Å². The summed E-state index contributed by atoms with van der Waals surface area (Å²) in [5.74, 6) is 0. The smallest absolute Gasteiger partial charge is 0.380 e. The van der Waals surface area contributed by atoms with Gasteiger partial charge in [0.15, 0.2) is 0 Å². The van der Waals surface area contributed by atoms with Gasteiger partial charge in [0.1, 0.15) is 0 Å². The summed E-state index contributed by atoms with van der Waals surface area (Å²) >= 11 is 5.70. The molecular formula is C15H18ClF3N2. The van der Waals surface area contributed by atoms with Crippen LogP contribution in [0.4, 0.5) is 18.9 Å². The number of benzene rings is 1. The first-order valence-corrected chi connectivity index (χ1v) is 7.61. The standard InChI is InChI=1S/C15H18ClF3N2/c1-9-6-11(8-21(9)12-3-4-12)20-14-5-2-10(16)7-13(14)15(17,18)19/h2,5,7,9,11-12,20H,3-4,6,8H2,1H3. The molecule has 1 aromatic carbocycles. The van der Waals surface area contributed by atoms with Gasteiger partial charge >= 0.3 is 6.18 Å². The number of hydrogen-bond acceptors (Lipinski definition) is 2. The van der Waals surface area contributed by atoms with E-state index in [1.807, 2.05) is 0 Å². The van der Waals surface area contributed by atoms with Crippen LogP contribution in [0.15, 0.2) is 18.2 Å². The quantitative estimate of drug-likeness (QED) is 0.889. The molecule has 1 N–H and O–H groups in total. The fraction of sp³-hybridized carbons (Fsp3) is 0.600. The second-order valence-electron chi connectivity index (χ2n) is 6.04. The van der Waals surface area contributed by atoms with Crippen LogP contribution in [-0.4, -0.2) is 29.6 Å². The van der Waals surface area contributed by atoms with Crippen molar-refractivity contribution in [3.8, 4) is 0 Å². The molecule has 2 aliphatic rings. The van der Waals surface area contributed by atoms with Gasteiger partial charge in [-0.3, -0.25) is 4.90 Å². The Hall–Kier alpha value is -0.940. The van der Waals surface area contributed by atoms with E-state index < -0.39 is 11.7 Å². The summed E-state index contributed by atoms with van der Waals surface area (Å²) in [5.41, 5.74) is -0.561. The lowest BCUT2D eigenvalue weighted by molar-refractivity contribution is -0.137. The Morgan fingerprint density at radius 3 is 2.62 bits per heavy atom. The second kappa shape index (κ2) is 5.36. The van der Waals surface area contributed by atoms with E-state index in [-0.39, 0.29) is 16.8 Å². The van der Waals surface area contributed by atoms with E-state index in [0.717, 1.165) is 19.0 Å². The number of nitrogens with one attached hydrogen (secondary N) is 1. The maximum absolute atomic E-state index is 13.1. The molecule has 21 heavy (non-hydrogen) atoms. The third-order valence-electron chi connectivity index (χ3n) is 4.29. The van der Waals surface area contributed by atoms with Crippen LogP contribution in [-0.2, 0) is 6.18 Å². The summed E-state index contributed by atoms with van der Waals surface area (Å²) in [5, 5.41) is 3.17. The highest BCUT2D eigenvalue weighted by atomic mass is 35.5. The minimum atomic E-state index is -4.40. The Kier molecular flexibility index (Phi) is 3.82. The maximum Gasteiger partial charge on any atom is 0.418 e. The molecule has 1 aromatic rings. The van der Waals surface area contributed by atoms with Crippen molar-refractivity contribution in [3.05, 3.63) is 28.8 Å². The first-order valence-electron chi connectivity index (χ1n) is 7.23. The Balaban J connectivity index is 1.76. The van der Waals surface area contributed by atoms with Crippen molar-refractivity contribution >= 4 is 17.3 Å². The predicted octanol–water partition coefficient (Wildman–Crippen LogP) is 4.40. The molecule has 2 unspecified atom stereocenters. The second-order valence-corrected chi connectivity index (χ2v) is 6.48. The molecule has 0 amide bonds. The third-order valence-corrected chi connectivity index (χ3v) is 4.52. The molecule has 1 saturated carbocycles. The zero-order valence-corrected chi connectivity index (χ0v) is 12.5. The van der Waals surface area contributed by atoms with Gasteiger partial charge in [-0.25, -0.2) is 0 Å². The van der Waals surface area contributed by atoms with Crippen LogP contribution in [0.5, 0.6) is 0 Å². The topological polar surface area (TPSA) is 15.3 Å². The molecule has 116 valence electrons. The van der Waals surface area contributed by atoms with E-state index in [2.05, 4.69) is 17.1 Å². The van der Waals surface area contributed by atoms with Gasteiger partial charge in [-0.2, -0.15) is 13.2 Å². The number of halogens is 4. The van der Waals surface area contributed by atoms with Gasteiger partial charge in [-0.15, -0.1) is 0 Å². The first-order chi connectivity index (χ1) is 9.84. The summed E-state index contributed by atoms with van der Waals surface area (Å²) in [6, 6.07) is 5.03. The summed E-state index contributed by atoms with van der Waals surface area (Å²) in [6.07, 6.45) is -1.10. The van der Waals surface area contributed by atoms with Crippen LogP contribution in [0.3, 0.4) is 0 Å². The SMILES string of the molecule is CC1CC(Nc2ccc(Cl)cc2C(F)(F)F)CN1C1CC1. The molecule has 1 heterocycles. The molecule has 1 saturated heterocycles. The molecule has 3 rings (SSSR count). The minimum absolute atomic E-state index is 0.0582. The van der Waals surface area contributed by atoms with Crippen LogP contribution in [0.1, 0.15) is 31.7 Å². The fourth-order valence-electron chi connectivity index (χ4n) is 3.17. The van der Waals surface area contributed by atoms with Crippen LogP contribution in [0.25, 0.3) is 0 Å². The van der Waals surface area contributed by atoms with Gasteiger partial charge in [-0.05, 0) is 44.4 Å². The highest BCUT2D eigenvalue weighted by Gasteiger charge is 2.40. The number of nitrogens with zero attached hydrogens (tertiary/aromatic N) is 1. The fourth-order valence-corrected chi connectivity index (χ4v) is 3.34. The molecule has 0 aromatic heterocycles. The van der Waals surface area contributed by atoms with E-state index in [1.165, 1.54) is 25.0 Å². The van der Waals surface area contributed by atoms with E-state index >= 15 is 0 Å².